The van der Waals surface area contributed by atoms with Crippen LogP contribution in [0.25, 0.3) is 0 Å². The molecule has 0 aliphatic carbocycles. The van der Waals surface area contributed by atoms with Crippen molar-refractivity contribution in [2.75, 3.05) is 45.2 Å². The molecule has 16 heteroatoms. The number of amides is 1. The number of carbonyl (C=O) groups excluding carboxylic acids is 1. The normalized spacial score (nSPS) is 20.5. The fourth-order valence-corrected chi connectivity index (χ4v) is 8.28. The highest BCUT2D eigenvalue weighted by Gasteiger charge is 2.34. The molecule has 0 bridgehead atoms. The number of carbonyl (C=O) groups is 1. The number of fused-ring (bicyclic) bond motifs is 1. The summed E-state index contributed by atoms with van der Waals surface area (Å²) in [6, 6.07) is 9.76. The Morgan fingerprint density at radius 1 is 1.10 bits per heavy atom. The van der Waals surface area contributed by atoms with Crippen LogP contribution in [0.1, 0.15) is 61.8 Å². The van der Waals surface area contributed by atoms with Crippen LogP contribution in [0.4, 0.5) is 5.69 Å². The molecule has 0 spiro atoms. The van der Waals surface area contributed by atoms with Crippen LogP contribution in [-0.2, 0) is 24.8 Å². The quantitative estimate of drug-likeness (QED) is 0.305. The summed E-state index contributed by atoms with van der Waals surface area (Å²) < 4.78 is 80.2. The molecule has 14 nitrogen and oxygen atoms in total. The number of nitrogens with zero attached hydrogens (tertiary/aromatic N) is 3. The highest BCUT2D eigenvalue weighted by Crippen LogP contribution is 2.30. The molecule has 276 valence electrons. The molecule has 0 unspecified atom stereocenters. The van der Waals surface area contributed by atoms with E-state index in [4.69, 9.17) is 18.7 Å². The molecule has 2 N–H and O–H groups in total. The number of aryl methyl sites for hydroxylation is 2. The molecular formula is C34H48N4O10S2. The number of nitrogens with one attached hydrogen (secondary N) is 1. The van der Waals surface area contributed by atoms with Gasteiger partial charge in [0.05, 0.1) is 42.4 Å². The highest BCUT2D eigenvalue weighted by atomic mass is 32.2. The van der Waals surface area contributed by atoms with Gasteiger partial charge in [0.15, 0.2) is 5.76 Å². The van der Waals surface area contributed by atoms with Crippen molar-refractivity contribution in [3.8, 4) is 11.5 Å². The lowest BCUT2D eigenvalue weighted by Gasteiger charge is -2.35. The lowest BCUT2D eigenvalue weighted by molar-refractivity contribution is -0.00835. The van der Waals surface area contributed by atoms with E-state index >= 15 is 0 Å². The monoisotopic (exact) mass is 736 g/mol. The number of aliphatic hydroxyl groups excluding tert-OH is 1. The standard InChI is InChI=1S/C34H48N4O10S2/c1-22-19-38(23(2)21-39)34(40)30-18-27(36-49(41,42)29-14-12-28(45-7)13-15-29)11-16-31(30)47-24(3)10-8-9-17-46-32(22)20-37(6)50(43,44)33-25(4)35-48-26(33)5/h11-16,18,22-24,32,36,39H,8-10,17,19-21H2,1-7H3/t22-,23-,24+,32+/m0/s1. The van der Waals surface area contributed by atoms with Gasteiger partial charge < -0.3 is 28.7 Å². The van der Waals surface area contributed by atoms with E-state index in [1.54, 1.807) is 26.8 Å². The average Bonchev–Trinajstić information content (AvgIpc) is 3.43. The maximum absolute atomic E-state index is 14.4. The lowest BCUT2D eigenvalue weighted by Crippen LogP contribution is -2.48. The largest absolute Gasteiger partial charge is 0.497 e. The second kappa shape index (κ2) is 16.5. The summed E-state index contributed by atoms with van der Waals surface area (Å²) >= 11 is 0. The smallest absolute Gasteiger partial charge is 0.261 e. The number of hydrogen-bond donors (Lipinski definition) is 2. The Morgan fingerprint density at radius 2 is 1.80 bits per heavy atom. The van der Waals surface area contributed by atoms with Crippen molar-refractivity contribution in [1.29, 1.82) is 0 Å². The minimum Gasteiger partial charge on any atom is -0.497 e. The van der Waals surface area contributed by atoms with Crippen LogP contribution in [-0.4, -0.2) is 101 Å². The van der Waals surface area contributed by atoms with Crippen molar-refractivity contribution in [3.05, 3.63) is 59.5 Å². The number of benzene rings is 2. The summed E-state index contributed by atoms with van der Waals surface area (Å²) in [7, 11) is -5.06. The maximum Gasteiger partial charge on any atom is 0.261 e. The molecule has 3 aromatic rings. The second-order valence-corrected chi connectivity index (χ2v) is 16.4. The van der Waals surface area contributed by atoms with Gasteiger partial charge >= 0.3 is 0 Å². The molecule has 0 saturated carbocycles. The van der Waals surface area contributed by atoms with Gasteiger partial charge in [-0.05, 0) is 89.4 Å². The zero-order valence-electron chi connectivity index (χ0n) is 29.6. The van der Waals surface area contributed by atoms with Crippen molar-refractivity contribution in [1.82, 2.24) is 14.4 Å². The predicted molar refractivity (Wildman–Crippen MR) is 186 cm³/mol. The molecule has 1 amide bonds. The topological polar surface area (TPSA) is 178 Å². The van der Waals surface area contributed by atoms with Crippen LogP contribution < -0.4 is 14.2 Å². The fourth-order valence-electron chi connectivity index (χ4n) is 5.77. The van der Waals surface area contributed by atoms with Crippen LogP contribution in [0, 0.1) is 19.8 Å². The first kappa shape index (κ1) is 39.1. The van der Waals surface area contributed by atoms with Crippen LogP contribution in [0.2, 0.25) is 0 Å². The molecule has 1 aliphatic rings. The first-order valence-electron chi connectivity index (χ1n) is 16.5. The van der Waals surface area contributed by atoms with Crippen molar-refractivity contribution < 1.29 is 45.5 Å². The summed E-state index contributed by atoms with van der Waals surface area (Å²) in [6.07, 6.45) is 1.14. The zero-order chi connectivity index (χ0) is 36.8. The number of rotatable bonds is 10. The van der Waals surface area contributed by atoms with Crippen LogP contribution in [0.5, 0.6) is 11.5 Å². The van der Waals surface area contributed by atoms with Gasteiger partial charge in [0, 0.05) is 38.3 Å². The third-order valence-electron chi connectivity index (χ3n) is 8.75. The number of likely N-dealkylation sites (N-methyl/N-ethyl adjacent to an activating group) is 1. The number of aromatic nitrogens is 1. The third kappa shape index (κ3) is 9.15. The minimum absolute atomic E-state index is 0.00302. The van der Waals surface area contributed by atoms with E-state index in [1.165, 1.54) is 59.8 Å². The van der Waals surface area contributed by atoms with E-state index in [-0.39, 0.29) is 64.0 Å². The van der Waals surface area contributed by atoms with Gasteiger partial charge in [0.25, 0.3) is 15.9 Å². The van der Waals surface area contributed by atoms with Crippen LogP contribution >= 0.6 is 0 Å². The molecule has 50 heavy (non-hydrogen) atoms. The van der Waals surface area contributed by atoms with Crippen molar-refractivity contribution in [2.24, 2.45) is 5.92 Å². The first-order chi connectivity index (χ1) is 23.6. The third-order valence-corrected chi connectivity index (χ3v) is 12.2. The van der Waals surface area contributed by atoms with Crippen molar-refractivity contribution in [2.45, 2.75) is 81.9 Å². The fraction of sp³-hybridized carbons (Fsp3) is 0.529. The number of aliphatic hydroxyl groups is 1. The highest BCUT2D eigenvalue weighted by molar-refractivity contribution is 7.92. The van der Waals surface area contributed by atoms with E-state index in [0.29, 0.717) is 25.2 Å². The number of ether oxygens (including phenoxy) is 3. The first-order valence-corrected chi connectivity index (χ1v) is 19.4. The molecule has 1 aromatic heterocycles. The minimum atomic E-state index is -4.03. The van der Waals surface area contributed by atoms with E-state index in [9.17, 15) is 26.7 Å². The zero-order valence-corrected chi connectivity index (χ0v) is 31.2. The summed E-state index contributed by atoms with van der Waals surface area (Å²) in [5.41, 5.74) is 0.498. The molecule has 2 heterocycles. The molecule has 0 radical (unpaired) electrons. The molecule has 4 atom stereocenters. The molecule has 4 rings (SSSR count). The number of methoxy groups -OCH3 is 1. The number of anilines is 1. The van der Waals surface area contributed by atoms with Gasteiger partial charge in [-0.1, -0.05) is 12.1 Å². The Hall–Kier alpha value is -3.70. The Balaban J connectivity index is 1.68. The molecule has 0 fully saturated rings. The average molecular weight is 737 g/mol. The summed E-state index contributed by atoms with van der Waals surface area (Å²) in [6.45, 7) is 8.61. The Morgan fingerprint density at radius 3 is 2.42 bits per heavy atom. The van der Waals surface area contributed by atoms with Crippen LogP contribution in [0.15, 0.2) is 56.8 Å². The van der Waals surface area contributed by atoms with Crippen LogP contribution in [0.3, 0.4) is 0 Å². The second-order valence-electron chi connectivity index (χ2n) is 12.7. The van der Waals surface area contributed by atoms with E-state index < -0.39 is 44.0 Å². The van der Waals surface area contributed by atoms with E-state index in [2.05, 4.69) is 9.88 Å². The van der Waals surface area contributed by atoms with Gasteiger partial charge in [0.1, 0.15) is 22.1 Å². The Kier molecular flexibility index (Phi) is 12.9. The number of sulfonamides is 2. The van der Waals surface area contributed by atoms with Gasteiger partial charge in [-0.25, -0.2) is 16.8 Å². The SMILES string of the molecule is COc1ccc(S(=O)(=O)Nc2ccc3c(c2)C(=O)N([C@@H](C)CO)C[C@H](C)[C@@H](CN(C)S(=O)(=O)c2c(C)noc2C)OCCCC[C@@H](C)O3)cc1. The predicted octanol–water partition coefficient (Wildman–Crippen LogP) is 4.22. The summed E-state index contributed by atoms with van der Waals surface area (Å²) in [5, 5.41) is 14.0. The summed E-state index contributed by atoms with van der Waals surface area (Å²) in [5.74, 6) is 0.0500. The molecular weight excluding hydrogens is 689 g/mol. The molecule has 2 aromatic carbocycles. The van der Waals surface area contributed by atoms with Gasteiger partial charge in [-0.15, -0.1) is 0 Å². The molecule has 1 aliphatic heterocycles. The lowest BCUT2D eigenvalue weighted by atomic mass is 10.0. The van der Waals surface area contributed by atoms with Gasteiger partial charge in [-0.2, -0.15) is 4.31 Å². The van der Waals surface area contributed by atoms with E-state index in [0.717, 1.165) is 6.42 Å². The summed E-state index contributed by atoms with van der Waals surface area (Å²) in [4.78, 5) is 15.9. The maximum atomic E-state index is 14.4. The van der Waals surface area contributed by atoms with Crippen molar-refractivity contribution >= 4 is 31.6 Å². The number of hydrogen-bond acceptors (Lipinski definition) is 11. The van der Waals surface area contributed by atoms with Gasteiger partial charge in [0.2, 0.25) is 10.0 Å². The Bertz CT molecular complexity index is 1810. The van der Waals surface area contributed by atoms with Gasteiger partial charge in [-0.3, -0.25) is 9.52 Å². The van der Waals surface area contributed by atoms with Crippen molar-refractivity contribution in [3.63, 3.8) is 0 Å². The Labute approximate surface area is 294 Å². The molecule has 0 saturated heterocycles. The van der Waals surface area contributed by atoms with E-state index in [1.807, 2.05) is 13.8 Å².